The Bertz CT molecular complexity index is 770. The minimum atomic E-state index is -0.232. The Labute approximate surface area is 154 Å². The number of hydrogen-bond acceptors (Lipinski definition) is 3. The van der Waals surface area contributed by atoms with E-state index in [-0.39, 0.29) is 30.8 Å². The summed E-state index contributed by atoms with van der Waals surface area (Å²) in [4.78, 5) is 26.2. The first-order chi connectivity index (χ1) is 11.3. The molecular weight excluding hydrogens is 338 g/mol. The largest absolute Gasteiger partial charge is 0.399 e. The van der Waals surface area contributed by atoms with Gasteiger partial charge < -0.3 is 16.0 Å². The molecule has 0 radical (unpaired) electrons. The molecule has 0 saturated heterocycles. The van der Waals surface area contributed by atoms with E-state index in [2.05, 4.69) is 5.32 Å². The van der Waals surface area contributed by atoms with Crippen molar-refractivity contribution >= 4 is 35.6 Å². The molecule has 0 aromatic heterocycles. The minimum Gasteiger partial charge on any atom is -0.399 e. The second-order valence-electron chi connectivity index (χ2n) is 6.05. The smallest absolute Gasteiger partial charge is 0.254 e. The van der Waals surface area contributed by atoms with Gasteiger partial charge in [-0.3, -0.25) is 9.59 Å². The molecule has 0 aliphatic carbocycles. The molecule has 0 atom stereocenters. The molecule has 0 aliphatic rings. The molecule has 2 aromatic rings. The Morgan fingerprint density at radius 1 is 1.04 bits per heavy atom. The number of nitrogens with one attached hydrogen (secondary N) is 1. The van der Waals surface area contributed by atoms with Gasteiger partial charge in [-0.15, -0.1) is 12.4 Å². The Kier molecular flexibility index (Phi) is 7.00. The maximum Gasteiger partial charge on any atom is 0.254 e. The van der Waals surface area contributed by atoms with Crippen LogP contribution in [0, 0.1) is 20.8 Å². The quantitative estimate of drug-likeness (QED) is 0.820. The van der Waals surface area contributed by atoms with E-state index in [1.54, 1.807) is 25.2 Å². The Morgan fingerprint density at radius 2 is 1.64 bits per heavy atom. The summed E-state index contributed by atoms with van der Waals surface area (Å²) in [6.45, 7) is 5.69. The summed E-state index contributed by atoms with van der Waals surface area (Å²) in [7, 11) is 1.61. The molecule has 0 spiro atoms. The molecule has 0 bridgehead atoms. The van der Waals surface area contributed by atoms with Crippen LogP contribution in [0.5, 0.6) is 0 Å². The average Bonchev–Trinajstić information content (AvgIpc) is 2.52. The van der Waals surface area contributed by atoms with Gasteiger partial charge in [-0.25, -0.2) is 0 Å². The summed E-state index contributed by atoms with van der Waals surface area (Å²) in [5.41, 5.74) is 10.4. The number of nitrogens with zero attached hydrogens (tertiary/aromatic N) is 1. The van der Waals surface area contributed by atoms with Gasteiger partial charge in [-0.2, -0.15) is 0 Å². The second kappa shape index (κ2) is 8.53. The summed E-state index contributed by atoms with van der Waals surface area (Å²) in [6.07, 6.45) is 0. The third kappa shape index (κ3) is 4.97. The van der Waals surface area contributed by atoms with Gasteiger partial charge in [0.05, 0.1) is 6.54 Å². The minimum absolute atomic E-state index is 0. The van der Waals surface area contributed by atoms with Gasteiger partial charge in [-0.1, -0.05) is 24.3 Å². The Balaban J connectivity index is 0.00000312. The molecule has 0 aliphatic heterocycles. The number of para-hydroxylation sites is 1. The fraction of sp³-hybridized carbons (Fsp3) is 0.263. The SMILES string of the molecule is Cc1ccc(N)cc1C(=O)N(C)CC(=O)Nc1c(C)cccc1C.Cl. The highest BCUT2D eigenvalue weighted by Gasteiger charge is 2.17. The van der Waals surface area contributed by atoms with Gasteiger partial charge in [0.15, 0.2) is 0 Å². The Morgan fingerprint density at radius 3 is 2.24 bits per heavy atom. The van der Waals surface area contributed by atoms with Crippen LogP contribution in [-0.4, -0.2) is 30.3 Å². The van der Waals surface area contributed by atoms with E-state index in [0.717, 1.165) is 22.4 Å². The topological polar surface area (TPSA) is 75.4 Å². The molecule has 0 heterocycles. The zero-order chi connectivity index (χ0) is 17.9. The molecule has 5 nitrogen and oxygen atoms in total. The molecule has 0 fully saturated rings. The number of aryl methyl sites for hydroxylation is 3. The van der Waals surface area contributed by atoms with Gasteiger partial charge in [0.2, 0.25) is 5.91 Å². The maximum absolute atomic E-state index is 12.5. The van der Waals surface area contributed by atoms with Crippen molar-refractivity contribution in [2.45, 2.75) is 20.8 Å². The van der Waals surface area contributed by atoms with Gasteiger partial charge >= 0.3 is 0 Å². The van der Waals surface area contributed by atoms with Crippen LogP contribution in [-0.2, 0) is 4.79 Å². The van der Waals surface area contributed by atoms with Crippen LogP contribution in [0.3, 0.4) is 0 Å². The summed E-state index contributed by atoms with van der Waals surface area (Å²) < 4.78 is 0. The fourth-order valence-electron chi connectivity index (χ4n) is 2.55. The fourth-order valence-corrected chi connectivity index (χ4v) is 2.55. The van der Waals surface area contributed by atoms with Crippen molar-refractivity contribution in [3.63, 3.8) is 0 Å². The first-order valence-corrected chi connectivity index (χ1v) is 7.77. The predicted molar refractivity (Wildman–Crippen MR) is 104 cm³/mol. The normalized spacial score (nSPS) is 9.92. The highest BCUT2D eigenvalue weighted by molar-refractivity contribution is 6.00. The molecule has 2 aromatic carbocycles. The standard InChI is InChI=1S/C19H23N3O2.ClH/c1-12-8-9-15(20)10-16(12)19(24)22(4)11-17(23)21-18-13(2)6-5-7-14(18)3;/h5-10H,11,20H2,1-4H3,(H,21,23);1H. The van der Waals surface area contributed by atoms with E-state index in [1.165, 1.54) is 4.90 Å². The average molecular weight is 362 g/mol. The number of amides is 2. The first kappa shape index (κ1) is 20.5. The number of hydrogen-bond donors (Lipinski definition) is 2. The third-order valence-electron chi connectivity index (χ3n) is 3.97. The zero-order valence-electron chi connectivity index (χ0n) is 14.9. The van der Waals surface area contributed by atoms with Crippen molar-refractivity contribution in [2.24, 2.45) is 0 Å². The van der Waals surface area contributed by atoms with Crippen molar-refractivity contribution < 1.29 is 9.59 Å². The lowest BCUT2D eigenvalue weighted by atomic mass is 10.1. The van der Waals surface area contributed by atoms with E-state index >= 15 is 0 Å². The predicted octanol–water partition coefficient (Wildman–Crippen LogP) is 3.33. The third-order valence-corrected chi connectivity index (χ3v) is 3.97. The van der Waals surface area contributed by atoms with E-state index in [0.29, 0.717) is 11.3 Å². The maximum atomic E-state index is 12.5. The van der Waals surface area contributed by atoms with E-state index in [4.69, 9.17) is 5.73 Å². The van der Waals surface area contributed by atoms with Crippen LogP contribution in [0.1, 0.15) is 27.0 Å². The van der Waals surface area contributed by atoms with Gasteiger partial charge in [-0.05, 0) is 49.6 Å². The molecule has 3 N–H and O–H groups in total. The molecular formula is C19H24ClN3O2. The van der Waals surface area contributed by atoms with E-state index in [9.17, 15) is 9.59 Å². The first-order valence-electron chi connectivity index (χ1n) is 7.77. The van der Waals surface area contributed by atoms with Crippen LogP contribution in [0.15, 0.2) is 36.4 Å². The number of benzene rings is 2. The number of likely N-dealkylation sites (N-methyl/N-ethyl adjacent to an activating group) is 1. The molecule has 2 rings (SSSR count). The van der Waals surface area contributed by atoms with Crippen molar-refractivity contribution in [1.82, 2.24) is 4.90 Å². The molecule has 25 heavy (non-hydrogen) atoms. The van der Waals surface area contributed by atoms with Crippen LogP contribution >= 0.6 is 12.4 Å². The van der Waals surface area contributed by atoms with Crippen molar-refractivity contribution in [1.29, 1.82) is 0 Å². The van der Waals surface area contributed by atoms with Gasteiger partial charge in [0.25, 0.3) is 5.91 Å². The van der Waals surface area contributed by atoms with Crippen molar-refractivity contribution in [3.8, 4) is 0 Å². The van der Waals surface area contributed by atoms with Crippen molar-refractivity contribution in [3.05, 3.63) is 58.7 Å². The van der Waals surface area contributed by atoms with Gasteiger partial charge in [0.1, 0.15) is 0 Å². The summed E-state index contributed by atoms with van der Waals surface area (Å²) in [6, 6.07) is 11.0. The summed E-state index contributed by atoms with van der Waals surface area (Å²) in [5, 5.41) is 2.88. The molecule has 0 saturated carbocycles. The molecule has 2 amide bonds. The number of anilines is 2. The van der Waals surface area contributed by atoms with Crippen molar-refractivity contribution in [2.75, 3.05) is 24.6 Å². The Hall–Kier alpha value is -2.53. The number of carbonyl (C=O) groups excluding carboxylic acids is 2. The lowest BCUT2D eigenvalue weighted by molar-refractivity contribution is -0.116. The highest BCUT2D eigenvalue weighted by Crippen LogP contribution is 2.19. The molecule has 6 heteroatoms. The van der Waals surface area contributed by atoms with E-state index < -0.39 is 0 Å². The zero-order valence-corrected chi connectivity index (χ0v) is 15.7. The van der Waals surface area contributed by atoms with E-state index in [1.807, 2.05) is 39.0 Å². The molecule has 134 valence electrons. The summed E-state index contributed by atoms with van der Waals surface area (Å²) >= 11 is 0. The number of nitrogen functional groups attached to an aromatic ring is 1. The monoisotopic (exact) mass is 361 g/mol. The number of carbonyl (C=O) groups is 2. The number of nitrogens with two attached hydrogens (primary N) is 1. The second-order valence-corrected chi connectivity index (χ2v) is 6.05. The lowest BCUT2D eigenvalue weighted by Gasteiger charge is -2.19. The summed E-state index contributed by atoms with van der Waals surface area (Å²) in [5.74, 6) is -0.457. The highest BCUT2D eigenvalue weighted by atomic mass is 35.5. The number of rotatable bonds is 4. The molecule has 0 unspecified atom stereocenters. The van der Waals surface area contributed by atoms with Crippen LogP contribution in [0.4, 0.5) is 11.4 Å². The van der Waals surface area contributed by atoms with Crippen LogP contribution in [0.2, 0.25) is 0 Å². The van der Waals surface area contributed by atoms with Crippen LogP contribution in [0.25, 0.3) is 0 Å². The van der Waals surface area contributed by atoms with Gasteiger partial charge in [0, 0.05) is 24.0 Å². The van der Waals surface area contributed by atoms with Crippen LogP contribution < -0.4 is 11.1 Å². The number of halogens is 1. The lowest BCUT2D eigenvalue weighted by Crippen LogP contribution is -2.35.